The van der Waals surface area contributed by atoms with Gasteiger partial charge in [-0.2, -0.15) is 5.10 Å². The van der Waals surface area contributed by atoms with Crippen molar-refractivity contribution < 1.29 is 9.53 Å². The highest BCUT2D eigenvalue weighted by Crippen LogP contribution is 2.17. The van der Waals surface area contributed by atoms with E-state index >= 15 is 0 Å². The normalized spacial score (nSPS) is 11.0. The number of carbonyl (C=O) groups is 1. The maximum atomic E-state index is 13.0. The molecule has 32 heavy (non-hydrogen) atoms. The van der Waals surface area contributed by atoms with E-state index in [2.05, 4.69) is 15.4 Å². The fourth-order valence-electron chi connectivity index (χ4n) is 3.48. The number of carbonyl (C=O) groups excluding carboxylic acids is 1. The van der Waals surface area contributed by atoms with Gasteiger partial charge in [-0.05, 0) is 57.2 Å². The van der Waals surface area contributed by atoms with Crippen molar-refractivity contribution in [1.82, 2.24) is 19.3 Å². The summed E-state index contributed by atoms with van der Waals surface area (Å²) in [5, 5.41) is 7.62. The maximum Gasteiger partial charge on any atom is 0.264 e. The molecule has 1 amide bonds. The zero-order valence-corrected chi connectivity index (χ0v) is 18.3. The number of nitrogens with one attached hydrogen (secondary N) is 1. The van der Waals surface area contributed by atoms with Gasteiger partial charge < -0.3 is 10.1 Å². The van der Waals surface area contributed by atoms with Crippen LogP contribution in [0.5, 0.6) is 5.75 Å². The van der Waals surface area contributed by atoms with Crippen LogP contribution >= 0.6 is 0 Å². The van der Waals surface area contributed by atoms with Crippen LogP contribution in [0.25, 0.3) is 16.7 Å². The molecule has 0 saturated heterocycles. The first kappa shape index (κ1) is 21.3. The average molecular weight is 431 g/mol. The smallest absolute Gasteiger partial charge is 0.264 e. The van der Waals surface area contributed by atoms with Crippen molar-refractivity contribution in [2.24, 2.45) is 0 Å². The third kappa shape index (κ3) is 4.39. The zero-order chi connectivity index (χ0) is 22.7. The van der Waals surface area contributed by atoms with Gasteiger partial charge in [-0.15, -0.1) is 0 Å². The van der Waals surface area contributed by atoms with E-state index in [1.807, 2.05) is 38.1 Å². The summed E-state index contributed by atoms with van der Waals surface area (Å²) >= 11 is 0. The number of hydrogen-bond acceptors (Lipinski definition) is 5. The highest BCUT2D eigenvalue weighted by Gasteiger charge is 2.15. The average Bonchev–Trinajstić information content (AvgIpc) is 3.19. The molecule has 0 bridgehead atoms. The first-order chi connectivity index (χ1) is 15.5. The van der Waals surface area contributed by atoms with E-state index in [4.69, 9.17) is 4.74 Å². The number of aromatic nitrogens is 4. The molecule has 0 radical (unpaired) electrons. The molecule has 0 unspecified atom stereocenters. The molecule has 0 atom stereocenters. The first-order valence-electron chi connectivity index (χ1n) is 10.5. The van der Waals surface area contributed by atoms with Crippen molar-refractivity contribution in [2.45, 2.75) is 33.7 Å². The lowest BCUT2D eigenvalue weighted by Gasteiger charge is -2.11. The van der Waals surface area contributed by atoms with Gasteiger partial charge in [0.05, 0.1) is 18.5 Å². The molecule has 4 rings (SSSR count). The molecule has 4 aromatic rings. The quantitative estimate of drug-likeness (QED) is 0.483. The Morgan fingerprint density at radius 1 is 1.06 bits per heavy atom. The second-order valence-corrected chi connectivity index (χ2v) is 7.50. The largest absolute Gasteiger partial charge is 0.494 e. The van der Waals surface area contributed by atoms with E-state index in [1.165, 1.54) is 10.8 Å². The number of fused-ring (bicyclic) bond motifs is 1. The van der Waals surface area contributed by atoms with Gasteiger partial charge in [-0.3, -0.25) is 14.2 Å². The summed E-state index contributed by atoms with van der Waals surface area (Å²) in [6.45, 7) is 6.50. The van der Waals surface area contributed by atoms with Crippen molar-refractivity contribution in [2.75, 3.05) is 11.9 Å². The van der Waals surface area contributed by atoms with Gasteiger partial charge in [0.2, 0.25) is 5.91 Å². The molecular weight excluding hydrogens is 406 g/mol. The van der Waals surface area contributed by atoms with Crippen molar-refractivity contribution in [3.8, 4) is 11.4 Å². The van der Waals surface area contributed by atoms with Gasteiger partial charge >= 0.3 is 0 Å². The van der Waals surface area contributed by atoms with Crippen molar-refractivity contribution in [1.29, 1.82) is 0 Å². The Morgan fingerprint density at radius 2 is 1.78 bits per heavy atom. The van der Waals surface area contributed by atoms with Crippen LogP contribution in [0.3, 0.4) is 0 Å². The first-order valence-corrected chi connectivity index (χ1v) is 10.5. The molecule has 0 saturated carbocycles. The molecule has 0 aliphatic rings. The Kier molecular flexibility index (Phi) is 6.02. The Hall–Kier alpha value is -3.94. The van der Waals surface area contributed by atoms with E-state index < -0.39 is 0 Å². The fourth-order valence-corrected chi connectivity index (χ4v) is 3.48. The van der Waals surface area contributed by atoms with E-state index in [-0.39, 0.29) is 24.4 Å². The van der Waals surface area contributed by atoms with Crippen molar-refractivity contribution in [3.05, 3.63) is 76.5 Å². The number of ether oxygens (including phenoxy) is 1. The molecule has 2 heterocycles. The molecule has 2 aromatic carbocycles. The lowest BCUT2D eigenvalue weighted by Crippen LogP contribution is -2.26. The standard InChI is InChI=1S/C24H25N5O3/c1-4-32-20-11-7-18(8-12-20)27-22(30)13-14-28-17(3)26-23-21(24(28)31)15-25-29(23)19-9-5-16(2)6-10-19/h5-12,15H,4,13-14H2,1-3H3,(H,27,30). The summed E-state index contributed by atoms with van der Waals surface area (Å²) in [6, 6.07) is 15.0. The van der Waals surface area contributed by atoms with Crippen LogP contribution in [0.1, 0.15) is 24.7 Å². The summed E-state index contributed by atoms with van der Waals surface area (Å²) in [6.07, 6.45) is 1.67. The molecule has 8 nitrogen and oxygen atoms in total. The third-order valence-corrected chi connectivity index (χ3v) is 5.17. The minimum Gasteiger partial charge on any atom is -0.494 e. The van der Waals surface area contributed by atoms with Crippen LogP contribution in [0.4, 0.5) is 5.69 Å². The highest BCUT2D eigenvalue weighted by atomic mass is 16.5. The summed E-state index contributed by atoms with van der Waals surface area (Å²) in [4.78, 5) is 30.0. The summed E-state index contributed by atoms with van der Waals surface area (Å²) in [7, 11) is 0. The molecule has 0 aliphatic heterocycles. The minimum absolute atomic E-state index is 0.146. The molecule has 2 aromatic heterocycles. The number of aryl methyl sites for hydroxylation is 2. The Bertz CT molecular complexity index is 1300. The van der Waals surface area contributed by atoms with Crippen LogP contribution in [0.15, 0.2) is 59.5 Å². The summed E-state index contributed by atoms with van der Waals surface area (Å²) in [5.74, 6) is 1.10. The van der Waals surface area contributed by atoms with Crippen molar-refractivity contribution >= 4 is 22.6 Å². The monoisotopic (exact) mass is 431 g/mol. The lowest BCUT2D eigenvalue weighted by molar-refractivity contribution is -0.116. The number of amides is 1. The maximum absolute atomic E-state index is 13.0. The predicted molar refractivity (Wildman–Crippen MR) is 123 cm³/mol. The molecule has 0 fully saturated rings. The number of anilines is 1. The van der Waals surface area contributed by atoms with Gasteiger partial charge in [-0.25, -0.2) is 9.67 Å². The van der Waals surface area contributed by atoms with Crippen molar-refractivity contribution in [3.63, 3.8) is 0 Å². The predicted octanol–water partition coefficient (Wildman–Crippen LogP) is 3.63. The number of rotatable bonds is 7. The second-order valence-electron chi connectivity index (χ2n) is 7.50. The summed E-state index contributed by atoms with van der Waals surface area (Å²) in [5.41, 5.74) is 2.95. The van der Waals surface area contributed by atoms with Gasteiger partial charge in [-0.1, -0.05) is 17.7 Å². The highest BCUT2D eigenvalue weighted by molar-refractivity contribution is 5.90. The molecule has 8 heteroatoms. The topological polar surface area (TPSA) is 91.0 Å². The van der Waals surface area contributed by atoms with Crippen LogP contribution < -0.4 is 15.6 Å². The molecular formula is C24H25N5O3. The number of hydrogen-bond donors (Lipinski definition) is 1. The van der Waals surface area contributed by atoms with Gasteiger partial charge in [0.1, 0.15) is 17.0 Å². The lowest BCUT2D eigenvalue weighted by atomic mass is 10.2. The summed E-state index contributed by atoms with van der Waals surface area (Å²) < 4.78 is 8.58. The fraction of sp³-hybridized carbons (Fsp3) is 0.250. The minimum atomic E-state index is -0.209. The van der Waals surface area contributed by atoms with Crippen LogP contribution in [-0.4, -0.2) is 31.8 Å². The third-order valence-electron chi connectivity index (χ3n) is 5.17. The van der Waals surface area contributed by atoms with E-state index in [0.717, 1.165) is 17.0 Å². The van der Waals surface area contributed by atoms with Gasteiger partial charge in [0.25, 0.3) is 5.56 Å². The van der Waals surface area contributed by atoms with Crippen LogP contribution in [0.2, 0.25) is 0 Å². The zero-order valence-electron chi connectivity index (χ0n) is 18.3. The van der Waals surface area contributed by atoms with Gasteiger partial charge in [0, 0.05) is 18.7 Å². The number of benzene rings is 2. The van der Waals surface area contributed by atoms with Crippen LogP contribution in [0, 0.1) is 13.8 Å². The van der Waals surface area contributed by atoms with E-state index in [1.54, 1.807) is 35.9 Å². The van der Waals surface area contributed by atoms with E-state index in [0.29, 0.717) is 29.2 Å². The Labute approximate surface area is 185 Å². The molecule has 0 aliphatic carbocycles. The van der Waals surface area contributed by atoms with Gasteiger partial charge in [0.15, 0.2) is 5.65 Å². The van der Waals surface area contributed by atoms with E-state index in [9.17, 15) is 9.59 Å². The Morgan fingerprint density at radius 3 is 2.47 bits per heavy atom. The SMILES string of the molecule is CCOc1ccc(NC(=O)CCn2c(C)nc3c(cnn3-c3ccc(C)cc3)c2=O)cc1. The second kappa shape index (κ2) is 9.05. The Balaban J connectivity index is 1.50. The molecule has 164 valence electrons. The number of nitrogens with zero attached hydrogens (tertiary/aromatic N) is 4. The van der Waals surface area contributed by atoms with Crippen LogP contribution in [-0.2, 0) is 11.3 Å². The molecule has 0 spiro atoms. The molecule has 1 N–H and O–H groups in total.